The van der Waals surface area contributed by atoms with Crippen LogP contribution in [0.15, 0.2) is 66.7 Å². The van der Waals surface area contributed by atoms with Gasteiger partial charge in [-0.3, -0.25) is 9.69 Å². The molecule has 8 nitrogen and oxygen atoms in total. The van der Waals surface area contributed by atoms with E-state index in [-0.39, 0.29) is 11.9 Å². The fraction of sp³-hybridized carbons (Fsp3) is 0.381. The van der Waals surface area contributed by atoms with E-state index in [1.165, 1.54) is 38.3 Å². The van der Waals surface area contributed by atoms with E-state index >= 15 is 0 Å². The van der Waals surface area contributed by atoms with Gasteiger partial charge in [0, 0.05) is 89.4 Å². The maximum atomic E-state index is 11.5. The molecule has 1 aliphatic heterocycles. The third-order valence-electron chi connectivity index (χ3n) is 10.5. The number of amides is 1. The van der Waals surface area contributed by atoms with E-state index in [2.05, 4.69) is 34.0 Å². The van der Waals surface area contributed by atoms with Gasteiger partial charge in [0.05, 0.1) is 19.2 Å². The molecule has 0 radical (unpaired) electrons. The van der Waals surface area contributed by atoms with Crippen LogP contribution < -0.4 is 25.4 Å². The van der Waals surface area contributed by atoms with Crippen LogP contribution in [0, 0.1) is 5.41 Å². The Morgan fingerprint density at radius 3 is 2.33 bits per heavy atom. The lowest BCUT2D eigenvalue weighted by Crippen LogP contribution is -2.35. The minimum atomic E-state index is 0.114. The summed E-state index contributed by atoms with van der Waals surface area (Å²) in [4.78, 5) is 14.0. The highest BCUT2D eigenvalue weighted by molar-refractivity contribution is 6.36. The van der Waals surface area contributed by atoms with Crippen LogP contribution in [0.5, 0.6) is 11.5 Å². The third kappa shape index (κ3) is 8.75. The highest BCUT2D eigenvalue weighted by Crippen LogP contribution is 2.40. The summed E-state index contributed by atoms with van der Waals surface area (Å²) in [7, 11) is 5.57. The van der Waals surface area contributed by atoms with Gasteiger partial charge in [-0.05, 0) is 67.3 Å². The van der Waals surface area contributed by atoms with Crippen molar-refractivity contribution in [2.24, 2.45) is 0 Å². The van der Waals surface area contributed by atoms with Crippen molar-refractivity contribution in [2.45, 2.75) is 76.7 Å². The molecule has 0 aromatic heterocycles. The summed E-state index contributed by atoms with van der Waals surface area (Å²) < 4.78 is 11.6. The fourth-order valence-corrected chi connectivity index (χ4v) is 8.13. The quantitative estimate of drug-likeness (QED) is 0.0908. The summed E-state index contributed by atoms with van der Waals surface area (Å²) in [5.74, 6) is 1.70. The van der Waals surface area contributed by atoms with Gasteiger partial charge < -0.3 is 30.8 Å². The lowest BCUT2D eigenvalue weighted by molar-refractivity contribution is -0.119. The molecule has 4 aromatic carbocycles. The average molecular weight is 743 g/mol. The van der Waals surface area contributed by atoms with Crippen molar-refractivity contribution < 1.29 is 14.3 Å². The van der Waals surface area contributed by atoms with Crippen molar-refractivity contribution in [2.75, 3.05) is 33.1 Å². The first kappa shape index (κ1) is 37.7. The van der Waals surface area contributed by atoms with Gasteiger partial charge in [-0.25, -0.2) is 0 Å². The molecule has 52 heavy (non-hydrogen) atoms. The molecular weight excluding hydrogens is 693 g/mol. The number of hydrogen-bond donors (Lipinski definition) is 4. The van der Waals surface area contributed by atoms with E-state index in [1.807, 2.05) is 60.7 Å². The van der Waals surface area contributed by atoms with Gasteiger partial charge in [0.15, 0.2) is 0 Å². The number of anilines is 1. The molecule has 0 spiro atoms. The normalized spacial score (nSPS) is 16.2. The number of rotatable bonds is 15. The lowest BCUT2D eigenvalue weighted by atomic mass is 9.94. The highest BCUT2D eigenvalue weighted by Gasteiger charge is 2.22. The Morgan fingerprint density at radius 1 is 0.865 bits per heavy atom. The zero-order valence-corrected chi connectivity index (χ0v) is 31.8. The van der Waals surface area contributed by atoms with Gasteiger partial charge >= 0.3 is 0 Å². The van der Waals surface area contributed by atoms with E-state index < -0.39 is 0 Å². The van der Waals surface area contributed by atoms with Gasteiger partial charge in [0.1, 0.15) is 11.5 Å². The Bertz CT molecular complexity index is 1890. The molecule has 6 rings (SSSR count). The minimum absolute atomic E-state index is 0.114. The van der Waals surface area contributed by atoms with Crippen molar-refractivity contribution in [1.29, 1.82) is 5.41 Å². The van der Waals surface area contributed by atoms with Crippen LogP contribution in [0.2, 0.25) is 10.0 Å². The van der Waals surface area contributed by atoms with Gasteiger partial charge in [-0.15, -0.1) is 0 Å². The molecule has 2 fully saturated rings. The Hall–Kier alpha value is -4.08. The number of carbonyl (C=O) groups is 1. The van der Waals surface area contributed by atoms with Crippen LogP contribution in [-0.2, 0) is 24.4 Å². The third-order valence-corrected chi connectivity index (χ3v) is 11.2. The zero-order chi connectivity index (χ0) is 36.6. The zero-order valence-electron chi connectivity index (χ0n) is 30.3. The SMILES string of the molecule is COc1cc(-c2cccc(-c3cccc(NCc4cc(OC)c(CN(C)C5CCCCC5)cc4Cl)c3C=N)c2Cl)ccc1CNCC1CCC(=O)N1. The lowest BCUT2D eigenvalue weighted by Gasteiger charge is -2.31. The number of nitrogens with zero attached hydrogens (tertiary/aromatic N) is 1. The second-order valence-corrected chi connectivity index (χ2v) is 14.6. The molecular formula is C42H49Cl2N5O3. The number of carbonyl (C=O) groups excluding carboxylic acids is 1. The van der Waals surface area contributed by atoms with E-state index in [0.717, 1.165) is 74.7 Å². The molecule has 10 heteroatoms. The first-order valence-electron chi connectivity index (χ1n) is 18.2. The fourth-order valence-electron chi connectivity index (χ4n) is 7.54. The molecule has 1 aliphatic carbocycles. The summed E-state index contributed by atoms with van der Waals surface area (Å²) >= 11 is 14.0. The van der Waals surface area contributed by atoms with Crippen molar-refractivity contribution in [3.05, 3.63) is 99.0 Å². The minimum Gasteiger partial charge on any atom is -0.496 e. The van der Waals surface area contributed by atoms with E-state index in [1.54, 1.807) is 14.2 Å². The van der Waals surface area contributed by atoms with E-state index in [9.17, 15) is 4.79 Å². The van der Waals surface area contributed by atoms with Crippen LogP contribution in [0.1, 0.15) is 67.2 Å². The van der Waals surface area contributed by atoms with E-state index in [0.29, 0.717) is 42.1 Å². The van der Waals surface area contributed by atoms with Gasteiger partial charge in [0.25, 0.3) is 0 Å². The largest absolute Gasteiger partial charge is 0.496 e. The summed E-state index contributed by atoms with van der Waals surface area (Å²) in [5.41, 5.74) is 8.04. The molecule has 1 saturated heterocycles. The highest BCUT2D eigenvalue weighted by atomic mass is 35.5. The molecule has 1 heterocycles. The Morgan fingerprint density at radius 2 is 1.60 bits per heavy atom. The number of benzene rings is 4. The first-order chi connectivity index (χ1) is 25.3. The number of ether oxygens (including phenoxy) is 2. The maximum Gasteiger partial charge on any atom is 0.220 e. The summed E-state index contributed by atoms with van der Waals surface area (Å²) in [6, 6.07) is 22.8. The van der Waals surface area contributed by atoms with Crippen LogP contribution >= 0.6 is 23.2 Å². The summed E-state index contributed by atoms with van der Waals surface area (Å²) in [6.45, 7) is 2.57. The first-order valence-corrected chi connectivity index (χ1v) is 18.9. The molecule has 1 unspecified atom stereocenters. The standard InChI is InChI=1S/C42H49Cl2N5O3/c1-49(32-9-5-4-6-10-32)26-30-19-37(43)29(21-40(30)52-3)24-47-38-14-8-12-34(36(38)22-45)35-13-7-11-33(42(35)44)27-15-16-28(39(20-27)51-2)23-46-25-31-17-18-41(50)48-31/h7-8,11-16,19-22,31-32,45-47H,4-6,9-10,17-18,23-26H2,1-3H3,(H,48,50). The molecule has 274 valence electrons. The van der Waals surface area contributed by atoms with Crippen LogP contribution in [-0.4, -0.2) is 56.9 Å². The van der Waals surface area contributed by atoms with Crippen LogP contribution in [0.25, 0.3) is 22.3 Å². The number of methoxy groups -OCH3 is 2. The maximum absolute atomic E-state index is 11.5. The van der Waals surface area contributed by atoms with Gasteiger partial charge in [0.2, 0.25) is 5.91 Å². The molecule has 4 aromatic rings. The smallest absolute Gasteiger partial charge is 0.220 e. The second kappa shape index (κ2) is 17.6. The topological polar surface area (TPSA) is 98.7 Å². The second-order valence-electron chi connectivity index (χ2n) is 13.9. The number of halogens is 2. The van der Waals surface area contributed by atoms with Gasteiger partial charge in [-0.2, -0.15) is 0 Å². The molecule has 2 aliphatic rings. The number of hydrogen-bond acceptors (Lipinski definition) is 7. The predicted molar refractivity (Wildman–Crippen MR) is 213 cm³/mol. The molecule has 4 N–H and O–H groups in total. The Labute approximate surface area is 317 Å². The number of nitrogens with one attached hydrogen (secondary N) is 4. The molecule has 1 atom stereocenters. The van der Waals surface area contributed by atoms with E-state index in [4.69, 9.17) is 38.1 Å². The molecule has 1 saturated carbocycles. The Balaban J connectivity index is 1.19. The van der Waals surface area contributed by atoms with Crippen molar-refractivity contribution in [3.63, 3.8) is 0 Å². The Kier molecular flexibility index (Phi) is 12.8. The summed E-state index contributed by atoms with van der Waals surface area (Å²) in [6.07, 6.45) is 9.20. The predicted octanol–water partition coefficient (Wildman–Crippen LogP) is 9.09. The molecule has 0 bridgehead atoms. The molecule has 1 amide bonds. The van der Waals surface area contributed by atoms with Crippen LogP contribution in [0.3, 0.4) is 0 Å². The van der Waals surface area contributed by atoms with Gasteiger partial charge in [-0.1, -0.05) is 84.9 Å². The summed E-state index contributed by atoms with van der Waals surface area (Å²) in [5, 5.41) is 19.7. The van der Waals surface area contributed by atoms with Crippen molar-refractivity contribution in [3.8, 4) is 33.8 Å². The monoisotopic (exact) mass is 741 g/mol. The van der Waals surface area contributed by atoms with Crippen molar-refractivity contribution >= 4 is 41.0 Å². The van der Waals surface area contributed by atoms with Crippen molar-refractivity contribution in [1.82, 2.24) is 15.5 Å². The van der Waals surface area contributed by atoms with Crippen LogP contribution in [0.4, 0.5) is 5.69 Å². The average Bonchev–Trinajstić information content (AvgIpc) is 3.59.